The Hall–Kier alpha value is -1.94. The number of rotatable bonds is 4. The second kappa shape index (κ2) is 6.29. The summed E-state index contributed by atoms with van der Waals surface area (Å²) in [5.74, 6) is 0.563. The number of phenolic OH excluding ortho intramolecular Hbond substituents is 1. The largest absolute Gasteiger partial charge is 0.508 e. The number of carbonyl (C=O) groups excluding carboxylic acids is 1. The van der Waals surface area contributed by atoms with E-state index >= 15 is 0 Å². The van der Waals surface area contributed by atoms with Crippen LogP contribution in [0, 0.1) is 0 Å². The first-order chi connectivity index (χ1) is 9.20. The smallest absolute Gasteiger partial charge is 0.338 e. The second-order valence-corrected chi connectivity index (χ2v) is 4.98. The van der Waals surface area contributed by atoms with E-state index in [9.17, 15) is 9.90 Å². The number of benzene rings is 2. The van der Waals surface area contributed by atoms with Gasteiger partial charge in [0.2, 0.25) is 0 Å². The first-order valence-electron chi connectivity index (χ1n) is 5.79. The highest BCUT2D eigenvalue weighted by Gasteiger charge is 2.10. The molecule has 0 aliphatic heterocycles. The van der Waals surface area contributed by atoms with Gasteiger partial charge in [-0.3, -0.25) is 0 Å². The monoisotopic (exact) mass is 274 g/mol. The Labute approximate surface area is 116 Å². The van der Waals surface area contributed by atoms with E-state index in [1.165, 1.54) is 7.11 Å². The highest BCUT2D eigenvalue weighted by Crippen LogP contribution is 2.27. The lowest BCUT2D eigenvalue weighted by molar-refractivity contribution is 0.0600. The van der Waals surface area contributed by atoms with Crippen molar-refractivity contribution in [2.75, 3.05) is 7.11 Å². The Bertz CT molecular complexity index is 581. The molecule has 2 rings (SSSR count). The second-order valence-electron chi connectivity index (χ2n) is 3.93. The number of methoxy groups -OCH3 is 1. The Morgan fingerprint density at radius 3 is 2.74 bits per heavy atom. The summed E-state index contributed by atoms with van der Waals surface area (Å²) in [5.41, 5.74) is 1.50. The molecular formula is C15H14O3S. The summed E-state index contributed by atoms with van der Waals surface area (Å²) in [4.78, 5) is 12.6. The summed E-state index contributed by atoms with van der Waals surface area (Å²) in [6.07, 6.45) is 0. The van der Waals surface area contributed by atoms with Crippen LogP contribution in [0.1, 0.15) is 15.9 Å². The number of ether oxygens (including phenoxy) is 1. The van der Waals surface area contributed by atoms with Gasteiger partial charge in [0.1, 0.15) is 5.75 Å². The van der Waals surface area contributed by atoms with E-state index in [1.54, 1.807) is 36.0 Å². The summed E-state index contributed by atoms with van der Waals surface area (Å²) in [7, 11) is 1.38. The minimum Gasteiger partial charge on any atom is -0.508 e. The average molecular weight is 274 g/mol. The highest BCUT2D eigenvalue weighted by atomic mass is 32.2. The fraction of sp³-hybridized carbons (Fsp3) is 0.133. The maximum atomic E-state index is 11.6. The van der Waals surface area contributed by atoms with Crippen LogP contribution < -0.4 is 0 Å². The third-order valence-corrected chi connectivity index (χ3v) is 3.68. The highest BCUT2D eigenvalue weighted by molar-refractivity contribution is 7.98. The number of hydrogen-bond acceptors (Lipinski definition) is 4. The number of hydrogen-bond donors (Lipinski definition) is 1. The fourth-order valence-corrected chi connectivity index (χ4v) is 2.64. The fourth-order valence-electron chi connectivity index (χ4n) is 1.69. The topological polar surface area (TPSA) is 46.5 Å². The van der Waals surface area contributed by atoms with Crippen LogP contribution in [0.5, 0.6) is 5.75 Å². The molecule has 0 radical (unpaired) electrons. The van der Waals surface area contributed by atoms with Crippen LogP contribution in [-0.4, -0.2) is 18.2 Å². The van der Waals surface area contributed by atoms with Crippen molar-refractivity contribution in [3.63, 3.8) is 0 Å². The van der Waals surface area contributed by atoms with Crippen molar-refractivity contribution in [2.45, 2.75) is 10.6 Å². The zero-order valence-electron chi connectivity index (χ0n) is 10.5. The van der Waals surface area contributed by atoms with Gasteiger partial charge in [-0.25, -0.2) is 4.79 Å². The van der Waals surface area contributed by atoms with Crippen LogP contribution in [0.4, 0.5) is 0 Å². The molecule has 19 heavy (non-hydrogen) atoms. The van der Waals surface area contributed by atoms with Crippen LogP contribution in [0.25, 0.3) is 0 Å². The number of phenols is 1. The quantitative estimate of drug-likeness (QED) is 0.685. The predicted molar refractivity (Wildman–Crippen MR) is 75.4 cm³/mol. The molecule has 0 bridgehead atoms. The molecule has 0 saturated carbocycles. The first kappa shape index (κ1) is 13.5. The molecule has 98 valence electrons. The van der Waals surface area contributed by atoms with Crippen molar-refractivity contribution in [1.29, 1.82) is 0 Å². The van der Waals surface area contributed by atoms with Gasteiger partial charge in [-0.15, -0.1) is 11.8 Å². The Kier molecular flexibility index (Phi) is 4.47. The first-order valence-corrected chi connectivity index (χ1v) is 6.77. The van der Waals surface area contributed by atoms with Gasteiger partial charge in [0.25, 0.3) is 0 Å². The number of esters is 1. The number of carbonyl (C=O) groups is 1. The van der Waals surface area contributed by atoms with Crippen molar-refractivity contribution in [1.82, 2.24) is 0 Å². The molecule has 0 fully saturated rings. The molecule has 2 aromatic carbocycles. The van der Waals surface area contributed by atoms with E-state index in [0.717, 1.165) is 10.5 Å². The Morgan fingerprint density at radius 1 is 1.21 bits per heavy atom. The van der Waals surface area contributed by atoms with Crippen LogP contribution in [0.2, 0.25) is 0 Å². The lowest BCUT2D eigenvalue weighted by atomic mass is 10.1. The van der Waals surface area contributed by atoms with Crippen molar-refractivity contribution >= 4 is 17.7 Å². The summed E-state index contributed by atoms with van der Waals surface area (Å²) < 4.78 is 4.76. The third-order valence-electron chi connectivity index (χ3n) is 2.63. The summed E-state index contributed by atoms with van der Waals surface area (Å²) in [5, 5.41) is 9.40. The lowest BCUT2D eigenvalue weighted by Gasteiger charge is -2.07. The molecule has 0 heterocycles. The molecule has 4 heteroatoms. The van der Waals surface area contributed by atoms with Gasteiger partial charge >= 0.3 is 5.97 Å². The van der Waals surface area contributed by atoms with E-state index < -0.39 is 0 Å². The minimum atomic E-state index is -0.327. The van der Waals surface area contributed by atoms with E-state index in [0.29, 0.717) is 11.3 Å². The van der Waals surface area contributed by atoms with Crippen molar-refractivity contribution in [3.05, 3.63) is 59.7 Å². The van der Waals surface area contributed by atoms with Crippen LogP contribution in [0.3, 0.4) is 0 Å². The molecule has 0 unspecified atom stereocenters. The average Bonchev–Trinajstić information content (AvgIpc) is 2.45. The zero-order valence-corrected chi connectivity index (χ0v) is 11.3. The minimum absolute atomic E-state index is 0.242. The molecule has 0 atom stereocenters. The third kappa shape index (κ3) is 3.51. The standard InChI is InChI=1S/C15H14O3S/c1-18-15(17)14-8-3-2-5-11(14)10-19-13-7-4-6-12(16)9-13/h2-9,16H,10H2,1H3. The molecule has 0 spiro atoms. The maximum absolute atomic E-state index is 11.6. The van der Waals surface area contributed by atoms with E-state index in [2.05, 4.69) is 0 Å². The number of thioether (sulfide) groups is 1. The van der Waals surface area contributed by atoms with E-state index in [1.807, 2.05) is 24.3 Å². The molecule has 3 nitrogen and oxygen atoms in total. The summed E-state index contributed by atoms with van der Waals surface area (Å²) in [6.45, 7) is 0. The van der Waals surface area contributed by atoms with Gasteiger partial charge in [-0.2, -0.15) is 0 Å². The van der Waals surface area contributed by atoms with Crippen molar-refractivity contribution < 1.29 is 14.6 Å². The maximum Gasteiger partial charge on any atom is 0.338 e. The molecular weight excluding hydrogens is 260 g/mol. The van der Waals surface area contributed by atoms with Gasteiger partial charge in [0.05, 0.1) is 12.7 Å². The van der Waals surface area contributed by atoms with Crippen LogP contribution in [0.15, 0.2) is 53.4 Å². The van der Waals surface area contributed by atoms with E-state index in [-0.39, 0.29) is 11.7 Å². The lowest BCUT2D eigenvalue weighted by Crippen LogP contribution is -2.04. The molecule has 0 aliphatic carbocycles. The number of aromatic hydroxyl groups is 1. The summed E-state index contributed by atoms with van der Waals surface area (Å²) in [6, 6.07) is 14.4. The summed E-state index contributed by atoms with van der Waals surface area (Å²) >= 11 is 1.56. The van der Waals surface area contributed by atoms with Crippen molar-refractivity contribution in [2.24, 2.45) is 0 Å². The van der Waals surface area contributed by atoms with E-state index in [4.69, 9.17) is 4.74 Å². The molecule has 2 aromatic rings. The van der Waals surface area contributed by atoms with Gasteiger partial charge < -0.3 is 9.84 Å². The van der Waals surface area contributed by atoms with Crippen LogP contribution in [-0.2, 0) is 10.5 Å². The SMILES string of the molecule is COC(=O)c1ccccc1CSc1cccc(O)c1. The van der Waals surface area contributed by atoms with Crippen LogP contribution >= 0.6 is 11.8 Å². The van der Waals surface area contributed by atoms with Gasteiger partial charge in [-0.1, -0.05) is 24.3 Å². The molecule has 0 aliphatic rings. The predicted octanol–water partition coefficient (Wildman–Crippen LogP) is 3.47. The van der Waals surface area contributed by atoms with Gasteiger partial charge in [0, 0.05) is 10.6 Å². The van der Waals surface area contributed by atoms with Gasteiger partial charge in [-0.05, 0) is 29.8 Å². The molecule has 1 N–H and O–H groups in total. The van der Waals surface area contributed by atoms with Crippen molar-refractivity contribution in [3.8, 4) is 5.75 Å². The zero-order chi connectivity index (χ0) is 13.7. The normalized spacial score (nSPS) is 10.2. The Balaban J connectivity index is 2.13. The molecule has 0 amide bonds. The Morgan fingerprint density at radius 2 is 2.00 bits per heavy atom. The molecule has 0 saturated heterocycles. The molecule has 0 aromatic heterocycles. The van der Waals surface area contributed by atoms with Gasteiger partial charge in [0.15, 0.2) is 0 Å².